The second-order valence-electron chi connectivity index (χ2n) is 6.58. The predicted octanol–water partition coefficient (Wildman–Crippen LogP) is 0.619. The summed E-state index contributed by atoms with van der Waals surface area (Å²) in [5.41, 5.74) is 0.466. The molecule has 2 aliphatic heterocycles. The molecule has 0 aromatic carbocycles. The molecule has 0 radical (unpaired) electrons. The van der Waals surface area contributed by atoms with Crippen molar-refractivity contribution >= 4 is 11.9 Å². The zero-order chi connectivity index (χ0) is 17.6. The van der Waals surface area contributed by atoms with Crippen molar-refractivity contribution in [2.75, 3.05) is 0 Å². The number of carbonyl (C=O) groups excluding carboxylic acids is 1. The number of fused-ring (bicyclic) bond motifs is 2. The molecule has 1 amide bonds. The first-order chi connectivity index (χ1) is 12.1. The van der Waals surface area contributed by atoms with Crippen LogP contribution in [0.25, 0.3) is 0 Å². The van der Waals surface area contributed by atoms with Gasteiger partial charge in [0.15, 0.2) is 5.82 Å². The van der Waals surface area contributed by atoms with Gasteiger partial charge in [-0.25, -0.2) is 9.78 Å². The number of carboxylic acids is 1. The largest absolute Gasteiger partial charge is 0.480 e. The standard InChI is InChI=1S/C16H20N6O3/c1-10-18-19-14-9-22(12(16(24)25)8-21(10)14)15(23)11-7-17-13-5-3-2-4-6-20(11)13/h7,12H,2-6,8-9H2,1H3,(H,24,25). The number of aliphatic carboxylic acids is 1. The molecule has 2 aliphatic rings. The molecular weight excluding hydrogens is 324 g/mol. The molecule has 1 unspecified atom stereocenters. The Morgan fingerprint density at radius 1 is 1.16 bits per heavy atom. The zero-order valence-corrected chi connectivity index (χ0v) is 14.1. The van der Waals surface area contributed by atoms with E-state index in [4.69, 9.17) is 0 Å². The van der Waals surface area contributed by atoms with Gasteiger partial charge in [-0.1, -0.05) is 6.42 Å². The Morgan fingerprint density at radius 2 is 2.00 bits per heavy atom. The molecule has 25 heavy (non-hydrogen) atoms. The normalized spacial score (nSPS) is 19.9. The van der Waals surface area contributed by atoms with E-state index in [1.807, 2.05) is 4.57 Å². The van der Waals surface area contributed by atoms with Crippen molar-refractivity contribution in [2.45, 2.75) is 58.3 Å². The Morgan fingerprint density at radius 3 is 2.80 bits per heavy atom. The van der Waals surface area contributed by atoms with Crippen LogP contribution in [0.4, 0.5) is 0 Å². The van der Waals surface area contributed by atoms with Crippen molar-refractivity contribution in [1.29, 1.82) is 0 Å². The summed E-state index contributed by atoms with van der Waals surface area (Å²) in [6.45, 7) is 2.83. The Balaban J connectivity index is 1.69. The molecule has 2 aromatic rings. The molecule has 4 heterocycles. The van der Waals surface area contributed by atoms with Gasteiger partial charge in [0.05, 0.1) is 19.3 Å². The SMILES string of the molecule is Cc1nnc2n1CC(C(=O)O)N(C(=O)c1cnc3n1CCCCC3)C2. The summed E-state index contributed by atoms with van der Waals surface area (Å²) in [4.78, 5) is 30.6. The summed E-state index contributed by atoms with van der Waals surface area (Å²) in [5, 5.41) is 17.7. The lowest BCUT2D eigenvalue weighted by Gasteiger charge is -2.33. The van der Waals surface area contributed by atoms with E-state index < -0.39 is 12.0 Å². The molecule has 0 saturated carbocycles. The molecule has 0 bridgehead atoms. The molecule has 0 fully saturated rings. The van der Waals surface area contributed by atoms with Crippen molar-refractivity contribution < 1.29 is 14.7 Å². The van der Waals surface area contributed by atoms with Gasteiger partial charge in [0.2, 0.25) is 0 Å². The van der Waals surface area contributed by atoms with Crippen molar-refractivity contribution in [2.24, 2.45) is 0 Å². The van der Waals surface area contributed by atoms with Crippen LogP contribution in [-0.4, -0.2) is 52.2 Å². The smallest absolute Gasteiger partial charge is 0.328 e. The second kappa shape index (κ2) is 5.98. The third-order valence-electron chi connectivity index (χ3n) is 5.04. The maximum absolute atomic E-state index is 13.1. The average molecular weight is 344 g/mol. The van der Waals surface area contributed by atoms with E-state index in [9.17, 15) is 14.7 Å². The lowest BCUT2D eigenvalue weighted by molar-refractivity contribution is -0.143. The summed E-state index contributed by atoms with van der Waals surface area (Å²) >= 11 is 0. The monoisotopic (exact) mass is 344 g/mol. The number of rotatable bonds is 2. The first-order valence-corrected chi connectivity index (χ1v) is 8.53. The Labute approximate surface area is 144 Å². The summed E-state index contributed by atoms with van der Waals surface area (Å²) in [6, 6.07) is -0.938. The Kier molecular flexibility index (Phi) is 3.78. The third kappa shape index (κ3) is 2.59. The van der Waals surface area contributed by atoms with E-state index in [-0.39, 0.29) is 19.0 Å². The van der Waals surface area contributed by atoms with Gasteiger partial charge in [-0.05, 0) is 19.8 Å². The molecule has 0 saturated heterocycles. The van der Waals surface area contributed by atoms with Gasteiger partial charge < -0.3 is 19.1 Å². The van der Waals surface area contributed by atoms with Crippen molar-refractivity contribution in [3.05, 3.63) is 29.4 Å². The van der Waals surface area contributed by atoms with Crippen molar-refractivity contribution in [1.82, 2.24) is 29.2 Å². The third-order valence-corrected chi connectivity index (χ3v) is 5.04. The van der Waals surface area contributed by atoms with Crippen LogP contribution < -0.4 is 0 Å². The summed E-state index contributed by atoms with van der Waals surface area (Å²) in [6.07, 6.45) is 5.60. The maximum Gasteiger partial charge on any atom is 0.328 e. The van der Waals surface area contributed by atoms with Gasteiger partial charge in [0.25, 0.3) is 5.91 Å². The lowest BCUT2D eigenvalue weighted by Crippen LogP contribution is -2.51. The lowest BCUT2D eigenvalue weighted by atomic mass is 10.1. The minimum atomic E-state index is -1.03. The van der Waals surface area contributed by atoms with Crippen LogP contribution in [0.5, 0.6) is 0 Å². The van der Waals surface area contributed by atoms with Gasteiger partial charge in [-0.15, -0.1) is 10.2 Å². The number of carbonyl (C=O) groups is 2. The maximum atomic E-state index is 13.1. The molecule has 1 atom stereocenters. The molecule has 1 N–H and O–H groups in total. The van der Waals surface area contributed by atoms with Gasteiger partial charge in [-0.3, -0.25) is 4.79 Å². The predicted molar refractivity (Wildman–Crippen MR) is 85.8 cm³/mol. The number of aromatic nitrogens is 5. The molecule has 2 aromatic heterocycles. The molecular formula is C16H20N6O3. The first-order valence-electron chi connectivity index (χ1n) is 8.53. The van der Waals surface area contributed by atoms with Crippen LogP contribution in [0, 0.1) is 6.92 Å². The minimum Gasteiger partial charge on any atom is -0.480 e. The van der Waals surface area contributed by atoms with Crippen LogP contribution in [0.3, 0.4) is 0 Å². The highest BCUT2D eigenvalue weighted by Crippen LogP contribution is 2.23. The van der Waals surface area contributed by atoms with Gasteiger partial charge in [0, 0.05) is 13.0 Å². The molecule has 132 valence electrons. The van der Waals surface area contributed by atoms with Crippen LogP contribution in [0.1, 0.15) is 47.2 Å². The number of imidazole rings is 1. The highest BCUT2D eigenvalue weighted by Gasteiger charge is 2.38. The zero-order valence-electron chi connectivity index (χ0n) is 14.1. The van der Waals surface area contributed by atoms with E-state index in [0.29, 0.717) is 17.3 Å². The summed E-state index contributed by atoms with van der Waals surface area (Å²) in [5.74, 6) is 0.844. The average Bonchev–Trinajstić information content (AvgIpc) is 3.08. The summed E-state index contributed by atoms with van der Waals surface area (Å²) < 4.78 is 3.71. The summed E-state index contributed by atoms with van der Waals surface area (Å²) in [7, 11) is 0. The fourth-order valence-corrected chi connectivity index (χ4v) is 3.65. The Bertz CT molecular complexity index is 839. The topological polar surface area (TPSA) is 106 Å². The van der Waals surface area contributed by atoms with E-state index in [1.54, 1.807) is 17.7 Å². The van der Waals surface area contributed by atoms with Crippen LogP contribution in [0.15, 0.2) is 6.20 Å². The van der Waals surface area contributed by atoms with E-state index in [0.717, 1.165) is 38.1 Å². The van der Waals surface area contributed by atoms with Crippen LogP contribution in [-0.2, 0) is 30.8 Å². The fraction of sp³-hybridized carbons (Fsp3) is 0.562. The van der Waals surface area contributed by atoms with Gasteiger partial charge >= 0.3 is 5.97 Å². The number of hydrogen-bond donors (Lipinski definition) is 1. The molecule has 9 heteroatoms. The van der Waals surface area contributed by atoms with E-state index in [1.165, 1.54) is 4.90 Å². The molecule has 4 rings (SSSR count). The van der Waals surface area contributed by atoms with Crippen LogP contribution in [0.2, 0.25) is 0 Å². The van der Waals surface area contributed by atoms with Crippen molar-refractivity contribution in [3.8, 4) is 0 Å². The highest BCUT2D eigenvalue weighted by molar-refractivity contribution is 5.95. The van der Waals surface area contributed by atoms with Crippen LogP contribution >= 0.6 is 0 Å². The van der Waals surface area contributed by atoms with E-state index in [2.05, 4.69) is 15.2 Å². The number of carboxylic acid groups (broad SMARTS) is 1. The minimum absolute atomic E-state index is 0.136. The quantitative estimate of drug-likeness (QED) is 0.856. The number of nitrogens with zero attached hydrogens (tertiary/aromatic N) is 6. The fourth-order valence-electron chi connectivity index (χ4n) is 3.65. The van der Waals surface area contributed by atoms with Gasteiger partial charge in [-0.2, -0.15) is 0 Å². The highest BCUT2D eigenvalue weighted by atomic mass is 16.4. The first kappa shape index (κ1) is 15.8. The second-order valence-corrected chi connectivity index (χ2v) is 6.58. The van der Waals surface area contributed by atoms with E-state index >= 15 is 0 Å². The molecule has 0 spiro atoms. The van der Waals surface area contributed by atoms with Gasteiger partial charge in [0.1, 0.15) is 23.4 Å². The molecule has 0 aliphatic carbocycles. The molecule has 9 nitrogen and oxygen atoms in total. The number of amides is 1. The van der Waals surface area contributed by atoms with Crippen molar-refractivity contribution in [3.63, 3.8) is 0 Å². The number of aryl methyl sites for hydroxylation is 2. The number of hydrogen-bond acceptors (Lipinski definition) is 5. The Hall–Kier alpha value is -2.71.